The van der Waals surface area contributed by atoms with Gasteiger partial charge in [-0.15, -0.1) is 0 Å². The molecule has 0 saturated heterocycles. The minimum Gasteiger partial charge on any atom is -0.459 e. The average Bonchev–Trinajstić information content (AvgIpc) is 3.13. The van der Waals surface area contributed by atoms with Crippen molar-refractivity contribution >= 4 is 28.7 Å². The smallest absolute Gasteiger partial charge is 0.340 e. The Balaban J connectivity index is 1.65. The summed E-state index contributed by atoms with van der Waals surface area (Å²) in [4.78, 5) is 39.7. The molecule has 7 nitrogen and oxygen atoms in total. The van der Waals surface area contributed by atoms with E-state index in [1.54, 1.807) is 6.92 Å². The summed E-state index contributed by atoms with van der Waals surface area (Å²) in [6.07, 6.45) is 1.29. The van der Waals surface area contributed by atoms with E-state index in [4.69, 9.17) is 9.15 Å². The number of nitrogens with one attached hydrogen (secondary N) is 1. The van der Waals surface area contributed by atoms with Crippen LogP contribution in [0.4, 0.5) is 4.39 Å². The minimum atomic E-state index is -0.798. The Morgan fingerprint density at radius 2 is 2.04 bits per heavy atom. The van der Waals surface area contributed by atoms with Crippen LogP contribution in [0.15, 0.2) is 47.1 Å². The maximum atomic E-state index is 13.2. The van der Waals surface area contributed by atoms with Gasteiger partial charge >= 0.3 is 5.97 Å². The van der Waals surface area contributed by atoms with Crippen molar-refractivity contribution in [3.8, 4) is 0 Å². The van der Waals surface area contributed by atoms with Crippen LogP contribution in [0.3, 0.4) is 0 Å². The van der Waals surface area contributed by atoms with Crippen molar-refractivity contribution < 1.29 is 27.9 Å². The lowest BCUT2D eigenvalue weighted by molar-refractivity contribution is -0.123. The molecular formula is C18H13FN2O5. The summed E-state index contributed by atoms with van der Waals surface area (Å²) < 4.78 is 23.0. The summed E-state index contributed by atoms with van der Waals surface area (Å²) in [7, 11) is 0. The molecular weight excluding hydrogens is 343 g/mol. The normalized spacial score (nSPS) is 10.5. The van der Waals surface area contributed by atoms with Gasteiger partial charge in [-0.3, -0.25) is 19.9 Å². The number of furan rings is 1. The van der Waals surface area contributed by atoms with Crippen molar-refractivity contribution in [3.63, 3.8) is 0 Å². The zero-order valence-corrected chi connectivity index (χ0v) is 13.6. The minimum absolute atomic E-state index is 0.0357. The van der Waals surface area contributed by atoms with Gasteiger partial charge in [0.1, 0.15) is 5.82 Å². The van der Waals surface area contributed by atoms with Gasteiger partial charge in [0.25, 0.3) is 11.8 Å². The molecule has 0 saturated carbocycles. The Kier molecular flexibility index (Phi) is 4.74. The number of hydrogen-bond acceptors (Lipinski definition) is 6. The SMILES string of the molecule is Cc1nc2cc(F)ccc2cc1C(=O)OCC(=O)NC(=O)c1ccco1. The van der Waals surface area contributed by atoms with E-state index in [-0.39, 0.29) is 11.3 Å². The number of ether oxygens (including phenoxy) is 1. The number of hydrogen-bond donors (Lipinski definition) is 1. The number of fused-ring (bicyclic) bond motifs is 1. The molecule has 2 heterocycles. The number of nitrogens with zero attached hydrogens (tertiary/aromatic N) is 1. The molecule has 0 bridgehead atoms. The fraction of sp³-hybridized carbons (Fsp3) is 0.111. The van der Waals surface area contributed by atoms with Gasteiger partial charge in [0.15, 0.2) is 12.4 Å². The van der Waals surface area contributed by atoms with E-state index in [0.29, 0.717) is 16.6 Å². The van der Waals surface area contributed by atoms with Crippen LogP contribution >= 0.6 is 0 Å². The van der Waals surface area contributed by atoms with Crippen LogP contribution in [0.2, 0.25) is 0 Å². The second-order valence-electron chi connectivity index (χ2n) is 5.39. The fourth-order valence-corrected chi connectivity index (χ4v) is 2.28. The standard InChI is InChI=1S/C18H13FN2O5/c1-10-13(7-11-4-5-12(19)8-14(11)20-10)18(24)26-9-16(22)21-17(23)15-3-2-6-25-15/h2-8H,9H2,1H3,(H,21,22,23). The predicted molar refractivity (Wildman–Crippen MR) is 87.9 cm³/mol. The number of rotatable bonds is 4. The highest BCUT2D eigenvalue weighted by molar-refractivity contribution is 6.04. The van der Waals surface area contributed by atoms with Crippen molar-refractivity contribution in [2.45, 2.75) is 6.92 Å². The summed E-state index contributed by atoms with van der Waals surface area (Å²) in [5.41, 5.74) is 0.885. The summed E-state index contributed by atoms with van der Waals surface area (Å²) in [6.45, 7) is 0.924. The molecule has 0 aliphatic carbocycles. The highest BCUT2D eigenvalue weighted by atomic mass is 19.1. The zero-order valence-electron chi connectivity index (χ0n) is 13.6. The molecule has 0 aliphatic heterocycles. The number of carbonyl (C=O) groups excluding carboxylic acids is 3. The Bertz CT molecular complexity index is 998. The second kappa shape index (κ2) is 7.14. The molecule has 0 spiro atoms. The molecule has 2 aromatic heterocycles. The van der Waals surface area contributed by atoms with Gasteiger partial charge in [0, 0.05) is 11.5 Å². The summed E-state index contributed by atoms with van der Waals surface area (Å²) >= 11 is 0. The van der Waals surface area contributed by atoms with E-state index < -0.39 is 30.2 Å². The lowest BCUT2D eigenvalue weighted by atomic mass is 10.1. The van der Waals surface area contributed by atoms with Crippen molar-refractivity contribution in [3.05, 3.63) is 65.5 Å². The third-order valence-corrected chi connectivity index (χ3v) is 3.52. The molecule has 26 heavy (non-hydrogen) atoms. The molecule has 132 valence electrons. The molecule has 0 aliphatic rings. The first kappa shape index (κ1) is 17.3. The molecule has 1 aromatic carbocycles. The van der Waals surface area contributed by atoms with Gasteiger partial charge in [-0.05, 0) is 37.3 Å². The number of carbonyl (C=O) groups is 3. The Morgan fingerprint density at radius 1 is 1.23 bits per heavy atom. The number of esters is 1. The van der Waals surface area contributed by atoms with E-state index >= 15 is 0 Å². The monoisotopic (exact) mass is 356 g/mol. The maximum Gasteiger partial charge on any atom is 0.340 e. The molecule has 0 atom stereocenters. The first-order valence-corrected chi connectivity index (χ1v) is 7.56. The Hall–Kier alpha value is -3.55. The number of amides is 2. The number of imide groups is 1. The first-order valence-electron chi connectivity index (χ1n) is 7.56. The van der Waals surface area contributed by atoms with Crippen LogP contribution in [-0.4, -0.2) is 29.4 Å². The van der Waals surface area contributed by atoms with Gasteiger partial charge < -0.3 is 9.15 Å². The van der Waals surface area contributed by atoms with Crippen molar-refractivity contribution in [1.82, 2.24) is 10.3 Å². The lowest BCUT2D eigenvalue weighted by Gasteiger charge is -2.08. The third kappa shape index (κ3) is 3.75. The van der Waals surface area contributed by atoms with E-state index in [1.807, 2.05) is 5.32 Å². The molecule has 1 N–H and O–H groups in total. The van der Waals surface area contributed by atoms with Crippen LogP contribution in [0.5, 0.6) is 0 Å². The van der Waals surface area contributed by atoms with Crippen LogP contribution in [-0.2, 0) is 9.53 Å². The van der Waals surface area contributed by atoms with Crippen molar-refractivity contribution in [1.29, 1.82) is 0 Å². The molecule has 8 heteroatoms. The highest BCUT2D eigenvalue weighted by Gasteiger charge is 2.17. The quantitative estimate of drug-likeness (QED) is 0.721. The topological polar surface area (TPSA) is 98.5 Å². The van der Waals surface area contributed by atoms with E-state index in [2.05, 4.69) is 4.98 Å². The largest absolute Gasteiger partial charge is 0.459 e. The van der Waals surface area contributed by atoms with Gasteiger partial charge in [-0.1, -0.05) is 0 Å². The van der Waals surface area contributed by atoms with Crippen LogP contribution < -0.4 is 5.32 Å². The van der Waals surface area contributed by atoms with E-state index in [0.717, 1.165) is 0 Å². The number of pyridine rings is 1. The van der Waals surface area contributed by atoms with Crippen LogP contribution in [0, 0.1) is 12.7 Å². The van der Waals surface area contributed by atoms with Gasteiger partial charge in [-0.25, -0.2) is 9.18 Å². The Labute approximate surface area is 146 Å². The van der Waals surface area contributed by atoms with Gasteiger partial charge in [0.05, 0.1) is 23.0 Å². The second-order valence-corrected chi connectivity index (χ2v) is 5.39. The maximum absolute atomic E-state index is 13.2. The predicted octanol–water partition coefficient (Wildman–Crippen LogP) is 2.39. The Morgan fingerprint density at radius 3 is 2.77 bits per heavy atom. The lowest BCUT2D eigenvalue weighted by Crippen LogP contribution is -2.34. The van der Waals surface area contributed by atoms with Crippen LogP contribution in [0.25, 0.3) is 10.9 Å². The molecule has 0 radical (unpaired) electrons. The summed E-state index contributed by atoms with van der Waals surface area (Å²) in [5.74, 6) is -2.78. The molecule has 0 fully saturated rings. The van der Waals surface area contributed by atoms with Gasteiger partial charge in [-0.2, -0.15) is 0 Å². The number of benzene rings is 1. The van der Waals surface area contributed by atoms with E-state index in [9.17, 15) is 18.8 Å². The highest BCUT2D eigenvalue weighted by Crippen LogP contribution is 2.18. The fourth-order valence-electron chi connectivity index (χ4n) is 2.28. The van der Waals surface area contributed by atoms with Gasteiger partial charge in [0.2, 0.25) is 0 Å². The summed E-state index contributed by atoms with van der Waals surface area (Å²) in [6, 6.07) is 8.39. The zero-order chi connectivity index (χ0) is 18.7. The van der Waals surface area contributed by atoms with Crippen LogP contribution in [0.1, 0.15) is 26.6 Å². The number of aromatic nitrogens is 1. The average molecular weight is 356 g/mol. The number of aryl methyl sites for hydroxylation is 1. The molecule has 0 unspecified atom stereocenters. The summed E-state index contributed by atoms with van der Waals surface area (Å²) in [5, 5.41) is 2.59. The molecule has 2 amide bonds. The molecule has 3 aromatic rings. The molecule has 3 rings (SSSR count). The van der Waals surface area contributed by atoms with Crippen molar-refractivity contribution in [2.75, 3.05) is 6.61 Å². The van der Waals surface area contributed by atoms with E-state index in [1.165, 1.54) is 42.7 Å². The van der Waals surface area contributed by atoms with Crippen molar-refractivity contribution in [2.24, 2.45) is 0 Å². The number of halogens is 1. The third-order valence-electron chi connectivity index (χ3n) is 3.52. The first-order chi connectivity index (χ1) is 12.4.